The van der Waals surface area contributed by atoms with Crippen molar-refractivity contribution in [3.63, 3.8) is 0 Å². The van der Waals surface area contributed by atoms with Crippen molar-refractivity contribution in [2.75, 3.05) is 6.54 Å². The molecule has 2 unspecified atom stereocenters. The number of aryl methyl sites for hydroxylation is 1. The zero-order valence-corrected chi connectivity index (χ0v) is 16.2. The van der Waals surface area contributed by atoms with Crippen LogP contribution in [-0.4, -0.2) is 23.7 Å². The van der Waals surface area contributed by atoms with Crippen LogP contribution in [-0.2, 0) is 13.0 Å². The number of benzene rings is 2. The fourth-order valence-electron chi connectivity index (χ4n) is 4.01. The number of alkyl halides is 1. The van der Waals surface area contributed by atoms with Gasteiger partial charge in [0.05, 0.1) is 0 Å². The van der Waals surface area contributed by atoms with Crippen LogP contribution in [0.25, 0.3) is 0 Å². The number of hydrogen-bond acceptors (Lipinski definition) is 1. The van der Waals surface area contributed by atoms with Crippen LogP contribution >= 0.6 is 0 Å². The summed E-state index contributed by atoms with van der Waals surface area (Å²) in [6.07, 6.45) is 4.13. The molecular weight excluding hydrogens is 321 g/mol. The van der Waals surface area contributed by atoms with Gasteiger partial charge in [-0.25, -0.2) is 4.39 Å². The third-order valence-corrected chi connectivity index (χ3v) is 5.69. The monoisotopic (exact) mass is 353 g/mol. The molecule has 1 aliphatic carbocycles. The standard InChI is InChI=1S/C24H32FN/c1-19(2)26(18-21-7-4-3-5-8-21)16-6-9-20-10-12-22(13-11-20)23-14-15-24(25)17-23/h3-5,7-8,10-13,19,23-24H,6,9,14-18H2,1-2H3. The van der Waals surface area contributed by atoms with E-state index in [1.54, 1.807) is 0 Å². The molecule has 26 heavy (non-hydrogen) atoms. The molecule has 0 aromatic heterocycles. The molecule has 0 aliphatic heterocycles. The van der Waals surface area contributed by atoms with Gasteiger partial charge in [-0.05, 0) is 75.1 Å². The Balaban J connectivity index is 1.48. The van der Waals surface area contributed by atoms with Gasteiger partial charge in [0.2, 0.25) is 0 Å². The van der Waals surface area contributed by atoms with E-state index in [0.29, 0.717) is 18.4 Å². The first-order valence-corrected chi connectivity index (χ1v) is 10.1. The second-order valence-corrected chi connectivity index (χ2v) is 8.00. The van der Waals surface area contributed by atoms with Gasteiger partial charge in [-0.1, -0.05) is 54.6 Å². The van der Waals surface area contributed by atoms with Crippen LogP contribution < -0.4 is 0 Å². The topological polar surface area (TPSA) is 3.24 Å². The summed E-state index contributed by atoms with van der Waals surface area (Å²) in [4.78, 5) is 2.55. The number of nitrogens with zero attached hydrogens (tertiary/aromatic N) is 1. The van der Waals surface area contributed by atoms with Crippen molar-refractivity contribution in [1.29, 1.82) is 0 Å². The summed E-state index contributed by atoms with van der Waals surface area (Å²) in [6.45, 7) is 6.68. The normalized spacial score (nSPS) is 20.2. The predicted molar refractivity (Wildman–Crippen MR) is 108 cm³/mol. The maximum absolute atomic E-state index is 13.4. The van der Waals surface area contributed by atoms with E-state index < -0.39 is 6.17 Å². The van der Waals surface area contributed by atoms with Crippen LogP contribution in [0.3, 0.4) is 0 Å². The molecule has 2 aromatic carbocycles. The van der Waals surface area contributed by atoms with E-state index in [9.17, 15) is 4.39 Å². The lowest BCUT2D eigenvalue weighted by Gasteiger charge is -2.26. The average molecular weight is 354 g/mol. The summed E-state index contributed by atoms with van der Waals surface area (Å²) in [5, 5.41) is 0. The molecule has 2 heteroatoms. The SMILES string of the molecule is CC(C)N(CCCc1ccc(C2CCC(F)C2)cc1)Cc1ccccc1. The number of halogens is 1. The molecule has 2 atom stereocenters. The lowest BCUT2D eigenvalue weighted by molar-refractivity contribution is 0.210. The largest absolute Gasteiger partial charge is 0.297 e. The molecule has 140 valence electrons. The van der Waals surface area contributed by atoms with Gasteiger partial charge in [-0.3, -0.25) is 4.90 Å². The Morgan fingerprint density at radius 1 is 0.962 bits per heavy atom. The van der Waals surface area contributed by atoms with Gasteiger partial charge in [0.1, 0.15) is 6.17 Å². The van der Waals surface area contributed by atoms with Crippen LogP contribution in [0.2, 0.25) is 0 Å². The second kappa shape index (κ2) is 9.32. The van der Waals surface area contributed by atoms with E-state index in [1.807, 2.05) is 0 Å². The van der Waals surface area contributed by atoms with E-state index >= 15 is 0 Å². The highest BCUT2D eigenvalue weighted by atomic mass is 19.1. The van der Waals surface area contributed by atoms with Crippen LogP contribution in [0.15, 0.2) is 54.6 Å². The maximum atomic E-state index is 13.4. The van der Waals surface area contributed by atoms with Crippen molar-refractivity contribution >= 4 is 0 Å². The zero-order chi connectivity index (χ0) is 18.4. The second-order valence-electron chi connectivity index (χ2n) is 8.00. The molecular formula is C24H32FN. The minimum absolute atomic E-state index is 0.432. The maximum Gasteiger partial charge on any atom is 0.101 e. The molecule has 0 saturated heterocycles. The molecule has 0 spiro atoms. The van der Waals surface area contributed by atoms with E-state index in [4.69, 9.17) is 0 Å². The first-order valence-electron chi connectivity index (χ1n) is 10.1. The van der Waals surface area contributed by atoms with E-state index in [2.05, 4.69) is 73.3 Å². The predicted octanol–water partition coefficient (Wildman–Crippen LogP) is 6.14. The molecule has 2 aromatic rings. The van der Waals surface area contributed by atoms with Crippen LogP contribution in [0.4, 0.5) is 4.39 Å². The van der Waals surface area contributed by atoms with Crippen LogP contribution in [0.5, 0.6) is 0 Å². The molecule has 0 radical (unpaired) electrons. The van der Waals surface area contributed by atoms with Crippen molar-refractivity contribution in [1.82, 2.24) is 4.90 Å². The smallest absolute Gasteiger partial charge is 0.101 e. The van der Waals surface area contributed by atoms with Crippen molar-refractivity contribution in [3.05, 3.63) is 71.3 Å². The Kier molecular flexibility index (Phi) is 6.85. The lowest BCUT2D eigenvalue weighted by Crippen LogP contribution is -2.31. The van der Waals surface area contributed by atoms with E-state index in [0.717, 1.165) is 32.4 Å². The first-order chi connectivity index (χ1) is 12.6. The minimum atomic E-state index is -0.591. The fourth-order valence-corrected chi connectivity index (χ4v) is 4.01. The molecule has 1 nitrogen and oxygen atoms in total. The van der Waals surface area contributed by atoms with Gasteiger partial charge in [0.25, 0.3) is 0 Å². The van der Waals surface area contributed by atoms with Gasteiger partial charge < -0.3 is 0 Å². The molecule has 0 N–H and O–H groups in total. The Hall–Kier alpha value is -1.67. The highest BCUT2D eigenvalue weighted by Crippen LogP contribution is 2.36. The highest BCUT2D eigenvalue weighted by molar-refractivity contribution is 5.26. The fraction of sp³-hybridized carbons (Fsp3) is 0.500. The molecule has 1 saturated carbocycles. The molecule has 3 rings (SSSR count). The molecule has 1 fully saturated rings. The van der Waals surface area contributed by atoms with Gasteiger partial charge >= 0.3 is 0 Å². The van der Waals surface area contributed by atoms with Gasteiger partial charge in [0.15, 0.2) is 0 Å². The van der Waals surface area contributed by atoms with Gasteiger partial charge in [-0.15, -0.1) is 0 Å². The van der Waals surface area contributed by atoms with Crippen LogP contribution in [0, 0.1) is 0 Å². The Labute approximate surface area is 158 Å². The summed E-state index contributed by atoms with van der Waals surface area (Å²) >= 11 is 0. The Morgan fingerprint density at radius 3 is 2.31 bits per heavy atom. The molecule has 0 bridgehead atoms. The Bertz CT molecular complexity index is 650. The third-order valence-electron chi connectivity index (χ3n) is 5.69. The van der Waals surface area contributed by atoms with Crippen LogP contribution in [0.1, 0.15) is 62.1 Å². The minimum Gasteiger partial charge on any atom is -0.297 e. The van der Waals surface area contributed by atoms with Crippen molar-refractivity contribution in [2.45, 2.75) is 70.6 Å². The van der Waals surface area contributed by atoms with Gasteiger partial charge in [-0.2, -0.15) is 0 Å². The van der Waals surface area contributed by atoms with E-state index in [-0.39, 0.29) is 0 Å². The lowest BCUT2D eigenvalue weighted by atomic mass is 9.96. The molecule has 0 heterocycles. The van der Waals surface area contributed by atoms with Crippen molar-refractivity contribution in [3.8, 4) is 0 Å². The number of hydrogen-bond donors (Lipinski definition) is 0. The summed E-state index contributed by atoms with van der Waals surface area (Å²) in [7, 11) is 0. The Morgan fingerprint density at radius 2 is 1.69 bits per heavy atom. The average Bonchev–Trinajstić information content (AvgIpc) is 3.08. The number of rotatable bonds is 8. The van der Waals surface area contributed by atoms with Crippen molar-refractivity contribution in [2.24, 2.45) is 0 Å². The summed E-state index contributed by atoms with van der Waals surface area (Å²) in [5.74, 6) is 0.432. The first kappa shape index (κ1) is 19.1. The molecule has 1 aliphatic rings. The molecule has 0 amide bonds. The van der Waals surface area contributed by atoms with E-state index in [1.165, 1.54) is 23.1 Å². The summed E-state index contributed by atoms with van der Waals surface area (Å²) < 4.78 is 13.4. The summed E-state index contributed by atoms with van der Waals surface area (Å²) in [6, 6.07) is 20.2. The highest BCUT2D eigenvalue weighted by Gasteiger charge is 2.25. The quantitative estimate of drug-likeness (QED) is 0.551. The summed E-state index contributed by atoms with van der Waals surface area (Å²) in [5.41, 5.74) is 4.10. The zero-order valence-electron chi connectivity index (χ0n) is 16.2. The van der Waals surface area contributed by atoms with Crippen molar-refractivity contribution < 1.29 is 4.39 Å². The van der Waals surface area contributed by atoms with Gasteiger partial charge in [0, 0.05) is 12.6 Å². The third kappa shape index (κ3) is 5.41.